The second-order valence-electron chi connectivity index (χ2n) is 11.0. The van der Waals surface area contributed by atoms with Crippen LogP contribution in [-0.4, -0.2) is 12.6 Å². The van der Waals surface area contributed by atoms with Gasteiger partial charge in [-0.05, 0) is 59.7 Å². The molecule has 3 aromatic rings. The lowest BCUT2D eigenvalue weighted by atomic mass is 9.93. The molecular weight excluding hydrogens is 492 g/mol. The summed E-state index contributed by atoms with van der Waals surface area (Å²) in [7, 11) is 0. The van der Waals surface area contributed by atoms with Gasteiger partial charge in [-0.15, -0.1) is 0 Å². The van der Waals surface area contributed by atoms with Gasteiger partial charge in [0.25, 0.3) is 0 Å². The molecule has 0 fully saturated rings. The summed E-state index contributed by atoms with van der Waals surface area (Å²) in [6, 6.07) is 25.4. The molecule has 0 amide bonds. The molecule has 3 aromatic carbocycles. The number of carbonyl (C=O) groups is 1. The van der Waals surface area contributed by atoms with Gasteiger partial charge in [-0.2, -0.15) is 0 Å². The van der Waals surface area contributed by atoms with Gasteiger partial charge < -0.3 is 9.47 Å². The van der Waals surface area contributed by atoms with Crippen LogP contribution in [0.25, 0.3) is 22.3 Å². The zero-order valence-electron chi connectivity index (χ0n) is 25.1. The Labute approximate surface area is 243 Å². The number of hydrogen-bond donors (Lipinski definition) is 0. The van der Waals surface area contributed by atoms with Crippen molar-refractivity contribution in [2.45, 2.75) is 110 Å². The molecule has 40 heavy (non-hydrogen) atoms. The van der Waals surface area contributed by atoms with E-state index in [1.54, 1.807) is 0 Å². The predicted octanol–water partition coefficient (Wildman–Crippen LogP) is 11.1. The maximum absolute atomic E-state index is 12.2. The fourth-order valence-corrected chi connectivity index (χ4v) is 5.10. The lowest BCUT2D eigenvalue weighted by molar-refractivity contribution is -0.148. The number of benzene rings is 3. The lowest BCUT2D eigenvalue weighted by Gasteiger charge is -2.15. The van der Waals surface area contributed by atoms with Crippen molar-refractivity contribution in [3.8, 4) is 28.0 Å². The smallest absolute Gasteiger partial charge is 0.306 e. The van der Waals surface area contributed by atoms with Gasteiger partial charge >= 0.3 is 5.97 Å². The number of esters is 1. The van der Waals surface area contributed by atoms with Crippen molar-refractivity contribution >= 4 is 5.97 Å². The monoisotopic (exact) mass is 542 g/mol. The van der Waals surface area contributed by atoms with Crippen molar-refractivity contribution in [2.75, 3.05) is 6.61 Å². The van der Waals surface area contributed by atoms with Crippen molar-refractivity contribution in [3.63, 3.8) is 0 Å². The number of hydrogen-bond acceptors (Lipinski definition) is 3. The lowest BCUT2D eigenvalue weighted by Crippen LogP contribution is -2.08. The summed E-state index contributed by atoms with van der Waals surface area (Å²) in [6.07, 6.45) is 15.0. The third-order valence-electron chi connectivity index (χ3n) is 7.59. The topological polar surface area (TPSA) is 35.5 Å². The first-order valence-corrected chi connectivity index (χ1v) is 15.7. The molecule has 0 N–H and O–H groups in total. The van der Waals surface area contributed by atoms with Gasteiger partial charge in [0.2, 0.25) is 0 Å². The molecular formula is C37H50O3. The number of carbonyl (C=O) groups excluding carboxylic acids is 1. The molecule has 0 aliphatic rings. The Morgan fingerprint density at radius 1 is 0.625 bits per heavy atom. The van der Waals surface area contributed by atoms with Crippen LogP contribution in [0.3, 0.4) is 0 Å². The summed E-state index contributed by atoms with van der Waals surface area (Å²) in [4.78, 5) is 12.2. The Bertz CT molecular complexity index is 1100. The first-order chi connectivity index (χ1) is 19.6. The van der Waals surface area contributed by atoms with Crippen LogP contribution in [-0.2, 0) is 9.53 Å². The molecule has 0 aliphatic heterocycles. The van der Waals surface area contributed by atoms with Crippen LogP contribution >= 0.6 is 0 Å². The maximum Gasteiger partial charge on any atom is 0.306 e. The highest BCUT2D eigenvalue weighted by Crippen LogP contribution is 2.33. The zero-order valence-corrected chi connectivity index (χ0v) is 25.1. The van der Waals surface area contributed by atoms with E-state index in [0.717, 1.165) is 42.7 Å². The average Bonchev–Trinajstić information content (AvgIpc) is 2.99. The van der Waals surface area contributed by atoms with Gasteiger partial charge in [-0.3, -0.25) is 4.79 Å². The minimum Gasteiger partial charge on any atom is -0.494 e. The molecule has 0 aliphatic carbocycles. The van der Waals surface area contributed by atoms with E-state index in [0.29, 0.717) is 6.42 Å². The largest absolute Gasteiger partial charge is 0.494 e. The SMILES string of the molecule is CCCCCCCCCCOc1ccc(-c2ccccc2-c2ccc(C(C)OC(=O)CCCCCC)cc2)cc1. The molecule has 0 heterocycles. The summed E-state index contributed by atoms with van der Waals surface area (Å²) in [6.45, 7) is 7.17. The highest BCUT2D eigenvalue weighted by atomic mass is 16.5. The van der Waals surface area contributed by atoms with E-state index in [1.165, 1.54) is 74.5 Å². The maximum atomic E-state index is 12.2. The van der Waals surface area contributed by atoms with Gasteiger partial charge in [0.1, 0.15) is 11.9 Å². The van der Waals surface area contributed by atoms with E-state index in [4.69, 9.17) is 9.47 Å². The Morgan fingerprint density at radius 2 is 1.12 bits per heavy atom. The third-order valence-corrected chi connectivity index (χ3v) is 7.59. The highest BCUT2D eigenvalue weighted by Gasteiger charge is 2.13. The van der Waals surface area contributed by atoms with Gasteiger partial charge in [0, 0.05) is 6.42 Å². The molecule has 3 nitrogen and oxygen atoms in total. The second kappa shape index (κ2) is 18.3. The van der Waals surface area contributed by atoms with Crippen LogP contribution < -0.4 is 4.74 Å². The quantitative estimate of drug-likeness (QED) is 0.112. The van der Waals surface area contributed by atoms with Crippen molar-refractivity contribution in [1.82, 2.24) is 0 Å². The van der Waals surface area contributed by atoms with Crippen LogP contribution in [0.15, 0.2) is 72.8 Å². The van der Waals surface area contributed by atoms with E-state index in [2.05, 4.69) is 86.6 Å². The molecule has 216 valence electrons. The molecule has 3 rings (SSSR count). The van der Waals surface area contributed by atoms with E-state index >= 15 is 0 Å². The molecule has 0 saturated heterocycles. The third kappa shape index (κ3) is 10.8. The highest BCUT2D eigenvalue weighted by molar-refractivity contribution is 5.83. The van der Waals surface area contributed by atoms with Gasteiger partial charge in [-0.25, -0.2) is 0 Å². The van der Waals surface area contributed by atoms with Crippen molar-refractivity contribution in [1.29, 1.82) is 0 Å². The normalized spacial score (nSPS) is 11.8. The standard InChI is InChI=1S/C37H50O3/c1-4-6-8-10-11-12-13-17-29-39-34-27-25-33(26-28-34)36-19-16-15-18-35(36)32-23-21-31(22-24-32)30(3)40-37(38)20-14-9-7-5-2/h15-16,18-19,21-28,30H,4-14,17,20,29H2,1-3H3. The Kier molecular flexibility index (Phi) is 14.4. The summed E-state index contributed by atoms with van der Waals surface area (Å²) >= 11 is 0. The van der Waals surface area contributed by atoms with Crippen molar-refractivity contribution < 1.29 is 14.3 Å². The van der Waals surface area contributed by atoms with Crippen LogP contribution in [0.5, 0.6) is 5.75 Å². The minimum atomic E-state index is -0.249. The van der Waals surface area contributed by atoms with E-state index in [9.17, 15) is 4.79 Å². The molecule has 0 bridgehead atoms. The fourth-order valence-electron chi connectivity index (χ4n) is 5.10. The van der Waals surface area contributed by atoms with Crippen LogP contribution in [0.2, 0.25) is 0 Å². The molecule has 1 atom stereocenters. The van der Waals surface area contributed by atoms with Gasteiger partial charge in [-0.1, -0.05) is 139 Å². The molecule has 0 saturated carbocycles. The number of rotatable bonds is 19. The first-order valence-electron chi connectivity index (χ1n) is 15.7. The summed E-state index contributed by atoms with van der Waals surface area (Å²) in [5.41, 5.74) is 5.71. The van der Waals surface area contributed by atoms with E-state index in [1.807, 2.05) is 6.92 Å². The predicted molar refractivity (Wildman–Crippen MR) is 169 cm³/mol. The molecule has 0 spiro atoms. The Hall–Kier alpha value is -3.07. The van der Waals surface area contributed by atoms with Gasteiger partial charge in [0.15, 0.2) is 0 Å². The summed E-state index contributed by atoms with van der Waals surface area (Å²) < 4.78 is 11.7. The Morgan fingerprint density at radius 3 is 1.70 bits per heavy atom. The van der Waals surface area contributed by atoms with E-state index in [-0.39, 0.29) is 12.1 Å². The second-order valence-corrected chi connectivity index (χ2v) is 11.0. The van der Waals surface area contributed by atoms with E-state index < -0.39 is 0 Å². The molecule has 0 radical (unpaired) electrons. The zero-order chi connectivity index (χ0) is 28.4. The average molecular weight is 543 g/mol. The summed E-state index contributed by atoms with van der Waals surface area (Å²) in [5, 5.41) is 0. The fraction of sp³-hybridized carbons (Fsp3) is 0.486. The number of ether oxygens (including phenoxy) is 2. The minimum absolute atomic E-state index is 0.108. The molecule has 0 aromatic heterocycles. The summed E-state index contributed by atoms with van der Waals surface area (Å²) in [5.74, 6) is 0.825. The number of unbranched alkanes of at least 4 members (excludes halogenated alkanes) is 10. The first kappa shape index (κ1) is 31.5. The molecule has 1 unspecified atom stereocenters. The van der Waals surface area contributed by atoms with Crippen LogP contribution in [0.1, 0.15) is 116 Å². The Balaban J connectivity index is 1.52. The van der Waals surface area contributed by atoms with Crippen LogP contribution in [0.4, 0.5) is 0 Å². The van der Waals surface area contributed by atoms with Crippen LogP contribution in [0, 0.1) is 0 Å². The van der Waals surface area contributed by atoms with Crippen molar-refractivity contribution in [2.24, 2.45) is 0 Å². The molecule has 3 heteroatoms. The van der Waals surface area contributed by atoms with Gasteiger partial charge in [0.05, 0.1) is 6.61 Å². The van der Waals surface area contributed by atoms with Crippen molar-refractivity contribution in [3.05, 3.63) is 78.4 Å².